The summed E-state index contributed by atoms with van der Waals surface area (Å²) in [6, 6.07) is 22.3. The van der Waals surface area contributed by atoms with E-state index >= 15 is 0 Å². The van der Waals surface area contributed by atoms with Gasteiger partial charge in [-0.25, -0.2) is 9.97 Å². The Bertz CT molecular complexity index is 1310. The van der Waals surface area contributed by atoms with E-state index in [9.17, 15) is 4.79 Å². The van der Waals surface area contributed by atoms with E-state index in [0.717, 1.165) is 54.3 Å². The molecule has 4 aromatic rings. The molecule has 2 aromatic carbocycles. The molecule has 6 heteroatoms. The summed E-state index contributed by atoms with van der Waals surface area (Å²) in [6.07, 6.45) is 3.58. The highest BCUT2D eigenvalue weighted by Gasteiger charge is 2.23. The van der Waals surface area contributed by atoms with Gasteiger partial charge in [-0.2, -0.15) is 0 Å². The topological polar surface area (TPSA) is 52.6 Å². The lowest BCUT2D eigenvalue weighted by Crippen LogP contribution is -2.47. The zero-order valence-corrected chi connectivity index (χ0v) is 20.6. The second-order valence-electron chi connectivity index (χ2n) is 9.31. The number of amides is 1. The summed E-state index contributed by atoms with van der Waals surface area (Å²) in [7, 11) is 1.83. The minimum Gasteiger partial charge on any atom is -0.353 e. The van der Waals surface area contributed by atoms with Crippen LogP contribution in [-0.4, -0.2) is 49.1 Å². The first-order valence-electron chi connectivity index (χ1n) is 12.2. The quantitative estimate of drug-likeness (QED) is 0.397. The average Bonchev–Trinajstić information content (AvgIpc) is 2.92. The van der Waals surface area contributed by atoms with E-state index in [1.807, 2.05) is 55.7 Å². The molecule has 5 rings (SSSR count). The molecule has 1 amide bonds. The SMILES string of the molecule is CC(C)c1ccc(N(C)C(=O)c2cnc(N3CCN(c4ccccn4)CC3)c3ccccc23)cc1. The van der Waals surface area contributed by atoms with Crippen molar-refractivity contribution >= 4 is 34.0 Å². The van der Waals surface area contributed by atoms with Crippen LogP contribution in [0.25, 0.3) is 10.8 Å². The number of pyridine rings is 2. The van der Waals surface area contributed by atoms with Gasteiger partial charge >= 0.3 is 0 Å². The number of benzene rings is 2. The monoisotopic (exact) mass is 465 g/mol. The lowest BCUT2D eigenvalue weighted by atomic mass is 10.0. The van der Waals surface area contributed by atoms with Crippen LogP contribution in [0.15, 0.2) is 79.1 Å². The fraction of sp³-hybridized carbons (Fsp3) is 0.276. The Hall–Kier alpha value is -3.93. The molecule has 0 spiro atoms. The van der Waals surface area contributed by atoms with Gasteiger partial charge in [-0.3, -0.25) is 4.79 Å². The Balaban J connectivity index is 1.39. The second-order valence-corrected chi connectivity index (χ2v) is 9.31. The summed E-state index contributed by atoms with van der Waals surface area (Å²) < 4.78 is 0. The summed E-state index contributed by atoms with van der Waals surface area (Å²) >= 11 is 0. The third-order valence-electron chi connectivity index (χ3n) is 6.81. The number of carbonyl (C=O) groups is 1. The number of fused-ring (bicyclic) bond motifs is 1. The first-order chi connectivity index (χ1) is 17.0. The summed E-state index contributed by atoms with van der Waals surface area (Å²) in [5.74, 6) is 2.34. The fourth-order valence-electron chi connectivity index (χ4n) is 4.67. The van der Waals surface area contributed by atoms with E-state index in [1.165, 1.54) is 5.56 Å². The molecule has 3 heterocycles. The van der Waals surface area contributed by atoms with Gasteiger partial charge in [0.1, 0.15) is 11.6 Å². The number of hydrogen-bond donors (Lipinski definition) is 0. The van der Waals surface area contributed by atoms with Crippen LogP contribution in [0, 0.1) is 0 Å². The van der Waals surface area contributed by atoms with Crippen LogP contribution in [0.3, 0.4) is 0 Å². The molecule has 35 heavy (non-hydrogen) atoms. The molecule has 0 saturated carbocycles. The minimum atomic E-state index is -0.0579. The van der Waals surface area contributed by atoms with Crippen molar-refractivity contribution < 1.29 is 4.79 Å². The zero-order chi connectivity index (χ0) is 24.4. The molecular weight excluding hydrogens is 434 g/mol. The number of aromatic nitrogens is 2. The Morgan fingerprint density at radius 3 is 2.14 bits per heavy atom. The molecule has 1 fully saturated rings. The Labute approximate surface area is 206 Å². The molecule has 1 aliphatic heterocycles. The standard InChI is InChI=1S/C29H31N5O/c1-21(2)22-11-13-23(14-12-22)32(3)29(35)26-20-31-28(25-9-5-4-8-24(25)26)34-18-16-33(17-19-34)27-10-6-7-15-30-27/h4-15,20-21H,16-19H2,1-3H3. The van der Waals surface area contributed by atoms with Crippen LogP contribution in [-0.2, 0) is 0 Å². The van der Waals surface area contributed by atoms with Crippen molar-refractivity contribution in [1.29, 1.82) is 0 Å². The number of carbonyl (C=O) groups excluding carboxylic acids is 1. The number of anilines is 3. The second kappa shape index (κ2) is 9.74. The lowest BCUT2D eigenvalue weighted by molar-refractivity contribution is 0.0994. The van der Waals surface area contributed by atoms with Gasteiger partial charge in [0.2, 0.25) is 0 Å². The highest BCUT2D eigenvalue weighted by atomic mass is 16.2. The van der Waals surface area contributed by atoms with Crippen LogP contribution >= 0.6 is 0 Å². The van der Waals surface area contributed by atoms with Crippen molar-refractivity contribution in [3.8, 4) is 0 Å². The van der Waals surface area contributed by atoms with Gasteiger partial charge in [0.15, 0.2) is 0 Å². The van der Waals surface area contributed by atoms with Gasteiger partial charge in [0, 0.05) is 56.7 Å². The molecule has 0 N–H and O–H groups in total. The maximum Gasteiger partial charge on any atom is 0.260 e. The molecule has 178 valence electrons. The summed E-state index contributed by atoms with van der Waals surface area (Å²) in [4.78, 5) is 29.1. The van der Waals surface area contributed by atoms with Crippen LogP contribution in [0.4, 0.5) is 17.3 Å². The highest BCUT2D eigenvalue weighted by molar-refractivity contribution is 6.15. The average molecular weight is 466 g/mol. The van der Waals surface area contributed by atoms with E-state index in [-0.39, 0.29) is 5.91 Å². The lowest BCUT2D eigenvalue weighted by Gasteiger charge is -2.36. The zero-order valence-electron chi connectivity index (χ0n) is 20.6. The van der Waals surface area contributed by atoms with E-state index in [1.54, 1.807) is 11.1 Å². The Kier molecular flexibility index (Phi) is 6.36. The number of piperazine rings is 1. The van der Waals surface area contributed by atoms with Gasteiger partial charge in [-0.15, -0.1) is 0 Å². The van der Waals surface area contributed by atoms with Crippen LogP contribution in [0.5, 0.6) is 0 Å². The number of rotatable bonds is 5. The first-order valence-corrected chi connectivity index (χ1v) is 12.2. The normalized spacial score (nSPS) is 13.9. The molecule has 0 aliphatic carbocycles. The predicted octanol–water partition coefficient (Wildman–Crippen LogP) is 5.36. The van der Waals surface area contributed by atoms with Crippen LogP contribution in [0.2, 0.25) is 0 Å². The molecule has 1 saturated heterocycles. The number of nitrogens with zero attached hydrogens (tertiary/aromatic N) is 5. The van der Waals surface area contributed by atoms with Gasteiger partial charge in [-0.05, 0) is 41.1 Å². The van der Waals surface area contributed by atoms with Crippen molar-refractivity contribution in [2.24, 2.45) is 0 Å². The third-order valence-corrected chi connectivity index (χ3v) is 6.81. The predicted molar refractivity (Wildman–Crippen MR) is 144 cm³/mol. The van der Waals surface area contributed by atoms with E-state index in [0.29, 0.717) is 11.5 Å². The molecule has 1 aliphatic rings. The first kappa shape index (κ1) is 22.8. The molecule has 0 bridgehead atoms. The molecule has 2 aromatic heterocycles. The third kappa shape index (κ3) is 4.56. The molecular formula is C29H31N5O. The molecule has 0 radical (unpaired) electrons. The van der Waals surface area contributed by atoms with Crippen LogP contribution in [0.1, 0.15) is 35.7 Å². The highest BCUT2D eigenvalue weighted by Crippen LogP contribution is 2.30. The number of hydrogen-bond acceptors (Lipinski definition) is 5. The smallest absolute Gasteiger partial charge is 0.260 e. The van der Waals surface area contributed by atoms with E-state index < -0.39 is 0 Å². The Morgan fingerprint density at radius 1 is 0.829 bits per heavy atom. The molecule has 6 nitrogen and oxygen atoms in total. The van der Waals surface area contributed by atoms with Gasteiger partial charge in [0.05, 0.1) is 5.56 Å². The van der Waals surface area contributed by atoms with Gasteiger partial charge in [-0.1, -0.05) is 56.3 Å². The molecule has 0 atom stereocenters. The largest absolute Gasteiger partial charge is 0.353 e. The van der Waals surface area contributed by atoms with Crippen molar-refractivity contribution in [1.82, 2.24) is 9.97 Å². The molecule has 0 unspecified atom stereocenters. The van der Waals surface area contributed by atoms with Gasteiger partial charge < -0.3 is 14.7 Å². The maximum absolute atomic E-state index is 13.5. The maximum atomic E-state index is 13.5. The van der Waals surface area contributed by atoms with Crippen molar-refractivity contribution in [3.05, 3.63) is 90.3 Å². The summed E-state index contributed by atoms with van der Waals surface area (Å²) in [6.45, 7) is 7.79. The van der Waals surface area contributed by atoms with E-state index in [2.05, 4.69) is 52.9 Å². The fourth-order valence-corrected chi connectivity index (χ4v) is 4.67. The summed E-state index contributed by atoms with van der Waals surface area (Å²) in [5.41, 5.74) is 2.75. The summed E-state index contributed by atoms with van der Waals surface area (Å²) in [5, 5.41) is 1.94. The minimum absolute atomic E-state index is 0.0579. The van der Waals surface area contributed by atoms with Crippen molar-refractivity contribution in [2.45, 2.75) is 19.8 Å². The van der Waals surface area contributed by atoms with Crippen LogP contribution < -0.4 is 14.7 Å². The Morgan fingerprint density at radius 2 is 1.49 bits per heavy atom. The van der Waals surface area contributed by atoms with E-state index in [4.69, 9.17) is 4.98 Å². The van der Waals surface area contributed by atoms with Crippen molar-refractivity contribution in [2.75, 3.05) is 47.9 Å². The van der Waals surface area contributed by atoms with Crippen molar-refractivity contribution in [3.63, 3.8) is 0 Å². The van der Waals surface area contributed by atoms with Gasteiger partial charge in [0.25, 0.3) is 5.91 Å².